The summed E-state index contributed by atoms with van der Waals surface area (Å²) in [4.78, 5) is 27.3. The van der Waals surface area contributed by atoms with E-state index in [-0.39, 0.29) is 17.4 Å². The summed E-state index contributed by atoms with van der Waals surface area (Å²) < 4.78 is 6.06. The van der Waals surface area contributed by atoms with Crippen molar-refractivity contribution < 1.29 is 9.53 Å². The summed E-state index contributed by atoms with van der Waals surface area (Å²) in [5.41, 5.74) is 4.75. The average Bonchev–Trinajstić information content (AvgIpc) is 2.97. The van der Waals surface area contributed by atoms with E-state index in [1.165, 1.54) is 11.9 Å². The fourth-order valence-corrected chi connectivity index (χ4v) is 5.34. The van der Waals surface area contributed by atoms with Gasteiger partial charge in [-0.05, 0) is 81.3 Å². The minimum atomic E-state index is -0.402. The Morgan fingerprint density at radius 2 is 1.64 bits per heavy atom. The van der Waals surface area contributed by atoms with Crippen LogP contribution in [0.25, 0.3) is 0 Å². The van der Waals surface area contributed by atoms with E-state index in [0.717, 1.165) is 48.7 Å². The standard InChI is InChI=1S/C32H34Cl2N6O2/c1-20(2)39-14-16-40(17-15-39)25-11-9-24(10-12-25)36-32-35-19-26(30(41)37-29-21(3)6-5-7-22(29)4)31(38-32)42-28-13-8-23(33)18-27(28)34/h5-13,18-20H,14-17H2,1-4H3,(H,37,41)(H,35,36,38). The molecule has 3 aromatic carbocycles. The molecule has 5 rings (SSSR count). The summed E-state index contributed by atoms with van der Waals surface area (Å²) >= 11 is 12.5. The predicted molar refractivity (Wildman–Crippen MR) is 171 cm³/mol. The van der Waals surface area contributed by atoms with Crippen molar-refractivity contribution in [1.29, 1.82) is 0 Å². The van der Waals surface area contributed by atoms with Gasteiger partial charge in [-0.3, -0.25) is 9.69 Å². The molecule has 1 fully saturated rings. The SMILES string of the molecule is Cc1cccc(C)c1NC(=O)c1cnc(Nc2ccc(N3CCN(C(C)C)CC3)cc2)nc1Oc1ccc(Cl)cc1Cl. The lowest BCUT2D eigenvalue weighted by Gasteiger charge is -2.38. The van der Waals surface area contributed by atoms with E-state index in [9.17, 15) is 4.79 Å². The van der Waals surface area contributed by atoms with Crippen LogP contribution >= 0.6 is 23.2 Å². The smallest absolute Gasteiger partial charge is 0.262 e. The van der Waals surface area contributed by atoms with Crippen LogP contribution in [0.1, 0.15) is 35.3 Å². The Hall–Kier alpha value is -3.85. The summed E-state index contributed by atoms with van der Waals surface area (Å²) in [5, 5.41) is 6.97. The maximum absolute atomic E-state index is 13.4. The van der Waals surface area contributed by atoms with E-state index in [1.54, 1.807) is 18.2 Å². The highest BCUT2D eigenvalue weighted by Crippen LogP contribution is 2.33. The zero-order valence-electron chi connectivity index (χ0n) is 24.1. The predicted octanol–water partition coefficient (Wildman–Crippen LogP) is 7.72. The molecule has 0 unspecified atom stereocenters. The highest BCUT2D eigenvalue weighted by atomic mass is 35.5. The molecule has 0 atom stereocenters. The van der Waals surface area contributed by atoms with Gasteiger partial charge in [0.1, 0.15) is 11.3 Å². The van der Waals surface area contributed by atoms with Crippen molar-refractivity contribution in [3.05, 3.63) is 93.6 Å². The van der Waals surface area contributed by atoms with Gasteiger partial charge in [0, 0.05) is 60.5 Å². The second kappa shape index (κ2) is 13.0. The maximum atomic E-state index is 13.4. The number of nitrogens with zero attached hydrogens (tertiary/aromatic N) is 4. The van der Waals surface area contributed by atoms with Crippen molar-refractivity contribution >= 4 is 52.1 Å². The molecular formula is C32H34Cl2N6O2. The zero-order chi connectivity index (χ0) is 29.8. The number of ether oxygens (including phenoxy) is 1. The molecule has 1 aliphatic heterocycles. The van der Waals surface area contributed by atoms with E-state index in [1.807, 2.05) is 44.2 Å². The van der Waals surface area contributed by atoms with Crippen molar-refractivity contribution in [2.45, 2.75) is 33.7 Å². The molecule has 2 heterocycles. The summed E-state index contributed by atoms with van der Waals surface area (Å²) in [6.45, 7) is 12.4. The molecule has 218 valence electrons. The van der Waals surface area contributed by atoms with Crippen LogP contribution in [0, 0.1) is 13.8 Å². The van der Waals surface area contributed by atoms with Crippen LogP contribution in [-0.2, 0) is 0 Å². The Bertz CT molecular complexity index is 1550. The Labute approximate surface area is 256 Å². The molecule has 4 aromatic rings. The second-order valence-electron chi connectivity index (χ2n) is 10.6. The monoisotopic (exact) mass is 604 g/mol. The van der Waals surface area contributed by atoms with Gasteiger partial charge in [0.25, 0.3) is 5.91 Å². The Kier molecular flexibility index (Phi) is 9.16. The molecule has 0 aliphatic carbocycles. The van der Waals surface area contributed by atoms with Gasteiger partial charge in [0.05, 0.1) is 5.02 Å². The Morgan fingerprint density at radius 1 is 0.952 bits per heavy atom. The van der Waals surface area contributed by atoms with E-state index in [2.05, 4.69) is 56.4 Å². The molecule has 8 nitrogen and oxygen atoms in total. The molecule has 1 saturated heterocycles. The maximum Gasteiger partial charge on any atom is 0.262 e. The number of aryl methyl sites for hydroxylation is 2. The molecule has 1 aromatic heterocycles. The molecule has 0 radical (unpaired) electrons. The van der Waals surface area contributed by atoms with Gasteiger partial charge in [-0.25, -0.2) is 4.98 Å². The summed E-state index contributed by atoms with van der Waals surface area (Å²) in [7, 11) is 0. The fourth-order valence-electron chi connectivity index (χ4n) is 4.90. The fraction of sp³-hybridized carbons (Fsp3) is 0.281. The van der Waals surface area contributed by atoms with Gasteiger partial charge in [-0.1, -0.05) is 41.4 Å². The number of aromatic nitrogens is 2. The first-order valence-corrected chi connectivity index (χ1v) is 14.7. The molecular weight excluding hydrogens is 571 g/mol. The van der Waals surface area contributed by atoms with Crippen molar-refractivity contribution in [2.75, 3.05) is 41.7 Å². The minimum Gasteiger partial charge on any atom is -0.436 e. The normalized spacial score (nSPS) is 13.7. The summed E-state index contributed by atoms with van der Waals surface area (Å²) in [6, 6.07) is 19.4. The van der Waals surface area contributed by atoms with Gasteiger partial charge in [-0.15, -0.1) is 0 Å². The lowest BCUT2D eigenvalue weighted by atomic mass is 10.1. The topological polar surface area (TPSA) is 82.6 Å². The van der Waals surface area contributed by atoms with Gasteiger partial charge in [0.2, 0.25) is 11.8 Å². The molecule has 10 heteroatoms. The first kappa shape index (κ1) is 29.6. The highest BCUT2D eigenvalue weighted by Gasteiger charge is 2.21. The van der Waals surface area contributed by atoms with Crippen LogP contribution < -0.4 is 20.3 Å². The van der Waals surface area contributed by atoms with Crippen LogP contribution in [0.5, 0.6) is 11.6 Å². The number of carbonyl (C=O) groups excluding carboxylic acids is 1. The van der Waals surface area contributed by atoms with Gasteiger partial charge in [0.15, 0.2) is 0 Å². The van der Waals surface area contributed by atoms with Crippen LogP contribution in [0.15, 0.2) is 66.9 Å². The molecule has 42 heavy (non-hydrogen) atoms. The minimum absolute atomic E-state index is 0.0557. The number of rotatable bonds is 8. The molecule has 0 bridgehead atoms. The molecule has 0 saturated carbocycles. The first-order valence-electron chi connectivity index (χ1n) is 13.9. The van der Waals surface area contributed by atoms with Gasteiger partial charge >= 0.3 is 0 Å². The van der Waals surface area contributed by atoms with E-state index < -0.39 is 5.91 Å². The number of benzene rings is 3. The number of halogens is 2. The second-order valence-corrected chi connectivity index (χ2v) is 11.4. The number of amides is 1. The van der Waals surface area contributed by atoms with Crippen LogP contribution in [0.4, 0.5) is 23.0 Å². The van der Waals surface area contributed by atoms with Crippen molar-refractivity contribution in [2.24, 2.45) is 0 Å². The van der Waals surface area contributed by atoms with Gasteiger partial charge < -0.3 is 20.3 Å². The average molecular weight is 606 g/mol. The Morgan fingerprint density at radius 3 is 2.29 bits per heavy atom. The van der Waals surface area contributed by atoms with Crippen LogP contribution in [0.2, 0.25) is 10.0 Å². The number of carbonyl (C=O) groups is 1. The Balaban J connectivity index is 1.37. The highest BCUT2D eigenvalue weighted by molar-refractivity contribution is 6.35. The van der Waals surface area contributed by atoms with Crippen molar-refractivity contribution in [1.82, 2.24) is 14.9 Å². The van der Waals surface area contributed by atoms with Crippen molar-refractivity contribution in [3.63, 3.8) is 0 Å². The molecule has 0 spiro atoms. The summed E-state index contributed by atoms with van der Waals surface area (Å²) in [5.74, 6) is 0.242. The number of anilines is 4. The third kappa shape index (κ3) is 6.95. The molecule has 2 N–H and O–H groups in total. The van der Waals surface area contributed by atoms with Crippen LogP contribution in [-0.4, -0.2) is 53.0 Å². The lowest BCUT2D eigenvalue weighted by Crippen LogP contribution is -2.48. The number of hydrogen-bond donors (Lipinski definition) is 2. The number of piperazine rings is 1. The first-order chi connectivity index (χ1) is 20.2. The van der Waals surface area contributed by atoms with E-state index in [4.69, 9.17) is 27.9 Å². The largest absolute Gasteiger partial charge is 0.436 e. The third-order valence-corrected chi connectivity index (χ3v) is 7.88. The number of hydrogen-bond acceptors (Lipinski definition) is 7. The lowest BCUT2D eigenvalue weighted by molar-refractivity contribution is 0.102. The van der Waals surface area contributed by atoms with Crippen LogP contribution in [0.3, 0.4) is 0 Å². The quantitative estimate of drug-likeness (QED) is 0.213. The number of nitrogens with one attached hydrogen (secondary N) is 2. The zero-order valence-corrected chi connectivity index (χ0v) is 25.6. The van der Waals surface area contributed by atoms with Crippen molar-refractivity contribution in [3.8, 4) is 11.6 Å². The summed E-state index contributed by atoms with van der Waals surface area (Å²) in [6.07, 6.45) is 1.44. The van der Waals surface area contributed by atoms with E-state index >= 15 is 0 Å². The molecule has 1 amide bonds. The molecule has 1 aliphatic rings. The third-order valence-electron chi connectivity index (χ3n) is 7.35. The van der Waals surface area contributed by atoms with E-state index in [0.29, 0.717) is 21.8 Å². The number of para-hydroxylation sites is 1. The van der Waals surface area contributed by atoms with Gasteiger partial charge in [-0.2, -0.15) is 4.98 Å².